The van der Waals surface area contributed by atoms with E-state index in [2.05, 4.69) is 29.2 Å². The molecular formula is C15H21NO2. The van der Waals surface area contributed by atoms with Crippen molar-refractivity contribution in [2.24, 2.45) is 5.92 Å². The van der Waals surface area contributed by atoms with Crippen molar-refractivity contribution in [2.45, 2.75) is 32.2 Å². The number of rotatable bonds is 5. The lowest BCUT2D eigenvalue weighted by molar-refractivity contribution is -0.138. The maximum Gasteiger partial charge on any atom is 0.303 e. The van der Waals surface area contributed by atoms with Gasteiger partial charge in [0.2, 0.25) is 0 Å². The standard InChI is InChI=1S/C15H21NO2/c1-12(10-15(17)18)11-16-9-5-8-14(16)13-6-3-2-4-7-13/h2-4,6-7,12,14H,5,8-11H2,1H3,(H,17,18). The second-order valence-electron chi connectivity index (χ2n) is 5.27. The summed E-state index contributed by atoms with van der Waals surface area (Å²) in [7, 11) is 0. The molecule has 0 bridgehead atoms. The van der Waals surface area contributed by atoms with E-state index < -0.39 is 5.97 Å². The fourth-order valence-electron chi connectivity index (χ4n) is 2.86. The van der Waals surface area contributed by atoms with E-state index in [-0.39, 0.29) is 12.3 Å². The van der Waals surface area contributed by atoms with Crippen LogP contribution in [0, 0.1) is 5.92 Å². The van der Waals surface area contributed by atoms with Crippen molar-refractivity contribution >= 4 is 5.97 Å². The molecule has 1 heterocycles. The fraction of sp³-hybridized carbons (Fsp3) is 0.533. The molecule has 1 aromatic carbocycles. The average Bonchev–Trinajstić information content (AvgIpc) is 2.77. The number of carboxylic acid groups (broad SMARTS) is 1. The highest BCUT2D eigenvalue weighted by atomic mass is 16.4. The maximum absolute atomic E-state index is 10.7. The Morgan fingerprint density at radius 2 is 2.17 bits per heavy atom. The van der Waals surface area contributed by atoms with E-state index in [1.54, 1.807) is 0 Å². The van der Waals surface area contributed by atoms with Gasteiger partial charge in [-0.1, -0.05) is 37.3 Å². The van der Waals surface area contributed by atoms with Crippen LogP contribution in [0.25, 0.3) is 0 Å². The first-order valence-corrected chi connectivity index (χ1v) is 6.67. The molecule has 3 heteroatoms. The van der Waals surface area contributed by atoms with Crippen molar-refractivity contribution in [3.8, 4) is 0 Å². The Kier molecular flexibility index (Phi) is 4.37. The van der Waals surface area contributed by atoms with Crippen molar-refractivity contribution in [2.75, 3.05) is 13.1 Å². The van der Waals surface area contributed by atoms with E-state index >= 15 is 0 Å². The molecule has 2 rings (SSSR count). The molecule has 1 fully saturated rings. The molecule has 0 radical (unpaired) electrons. The van der Waals surface area contributed by atoms with Crippen LogP contribution in [-0.4, -0.2) is 29.1 Å². The number of aliphatic carboxylic acids is 1. The SMILES string of the molecule is CC(CC(=O)O)CN1CCCC1c1ccccc1. The van der Waals surface area contributed by atoms with E-state index in [1.165, 1.54) is 18.4 Å². The average molecular weight is 247 g/mol. The van der Waals surface area contributed by atoms with Gasteiger partial charge in [-0.3, -0.25) is 9.69 Å². The summed E-state index contributed by atoms with van der Waals surface area (Å²) in [6, 6.07) is 11.0. The predicted octanol–water partition coefficient (Wildman–Crippen LogP) is 2.93. The van der Waals surface area contributed by atoms with Crippen LogP contribution in [-0.2, 0) is 4.79 Å². The minimum Gasteiger partial charge on any atom is -0.481 e. The van der Waals surface area contributed by atoms with Crippen LogP contribution in [0.15, 0.2) is 30.3 Å². The van der Waals surface area contributed by atoms with Crippen molar-refractivity contribution in [1.82, 2.24) is 4.90 Å². The van der Waals surface area contributed by atoms with Gasteiger partial charge in [-0.15, -0.1) is 0 Å². The molecule has 98 valence electrons. The lowest BCUT2D eigenvalue weighted by Gasteiger charge is -2.27. The van der Waals surface area contributed by atoms with Crippen LogP contribution >= 0.6 is 0 Å². The maximum atomic E-state index is 10.7. The van der Waals surface area contributed by atoms with Crippen molar-refractivity contribution in [3.05, 3.63) is 35.9 Å². The molecule has 1 aliphatic rings. The number of carboxylic acids is 1. The second kappa shape index (κ2) is 6.01. The third kappa shape index (κ3) is 3.33. The molecule has 0 aromatic heterocycles. The van der Waals surface area contributed by atoms with Gasteiger partial charge in [0.25, 0.3) is 0 Å². The Morgan fingerprint density at radius 3 is 2.83 bits per heavy atom. The molecular weight excluding hydrogens is 226 g/mol. The molecule has 0 aliphatic carbocycles. The molecule has 0 amide bonds. The summed E-state index contributed by atoms with van der Waals surface area (Å²) in [4.78, 5) is 13.1. The van der Waals surface area contributed by atoms with Gasteiger partial charge in [0.1, 0.15) is 0 Å². The molecule has 2 unspecified atom stereocenters. The summed E-state index contributed by atoms with van der Waals surface area (Å²) in [6.45, 7) is 3.99. The third-order valence-corrected chi connectivity index (χ3v) is 3.62. The first-order chi connectivity index (χ1) is 8.66. The van der Waals surface area contributed by atoms with Crippen LogP contribution in [0.2, 0.25) is 0 Å². The van der Waals surface area contributed by atoms with Crippen molar-refractivity contribution < 1.29 is 9.90 Å². The first kappa shape index (κ1) is 13.1. The third-order valence-electron chi connectivity index (χ3n) is 3.62. The van der Waals surface area contributed by atoms with Crippen LogP contribution in [0.5, 0.6) is 0 Å². The van der Waals surface area contributed by atoms with Gasteiger partial charge in [-0.25, -0.2) is 0 Å². The second-order valence-corrected chi connectivity index (χ2v) is 5.27. The van der Waals surface area contributed by atoms with E-state index in [4.69, 9.17) is 5.11 Å². The predicted molar refractivity (Wildman–Crippen MR) is 71.4 cm³/mol. The molecule has 3 nitrogen and oxygen atoms in total. The Balaban J connectivity index is 1.98. The van der Waals surface area contributed by atoms with Gasteiger partial charge in [-0.05, 0) is 30.9 Å². The topological polar surface area (TPSA) is 40.5 Å². The van der Waals surface area contributed by atoms with Gasteiger partial charge in [0.05, 0.1) is 0 Å². The quantitative estimate of drug-likeness (QED) is 0.869. The van der Waals surface area contributed by atoms with Crippen LogP contribution < -0.4 is 0 Å². The number of likely N-dealkylation sites (tertiary alicyclic amines) is 1. The highest BCUT2D eigenvalue weighted by Gasteiger charge is 2.27. The highest BCUT2D eigenvalue weighted by Crippen LogP contribution is 2.32. The lowest BCUT2D eigenvalue weighted by atomic mass is 10.0. The smallest absolute Gasteiger partial charge is 0.303 e. The number of carbonyl (C=O) groups is 1. The van der Waals surface area contributed by atoms with Gasteiger partial charge in [0, 0.05) is 19.0 Å². The molecule has 2 atom stereocenters. The zero-order valence-corrected chi connectivity index (χ0v) is 10.9. The van der Waals surface area contributed by atoms with Gasteiger partial charge < -0.3 is 5.11 Å². The molecule has 0 spiro atoms. The number of hydrogen-bond donors (Lipinski definition) is 1. The van der Waals surface area contributed by atoms with Gasteiger partial charge in [-0.2, -0.15) is 0 Å². The van der Waals surface area contributed by atoms with E-state index in [0.29, 0.717) is 6.04 Å². The van der Waals surface area contributed by atoms with Gasteiger partial charge in [0.15, 0.2) is 0 Å². The zero-order valence-electron chi connectivity index (χ0n) is 10.9. The molecule has 1 N–H and O–H groups in total. The largest absolute Gasteiger partial charge is 0.481 e. The summed E-state index contributed by atoms with van der Waals surface area (Å²) >= 11 is 0. The number of hydrogen-bond acceptors (Lipinski definition) is 2. The Bertz CT molecular complexity index is 391. The van der Waals surface area contributed by atoms with Crippen molar-refractivity contribution in [3.63, 3.8) is 0 Å². The minimum absolute atomic E-state index is 0.215. The lowest BCUT2D eigenvalue weighted by Crippen LogP contribution is -2.29. The van der Waals surface area contributed by atoms with Crippen LogP contribution in [0.1, 0.15) is 37.8 Å². The summed E-state index contributed by atoms with van der Waals surface area (Å²) in [5, 5.41) is 8.82. The molecule has 1 aromatic rings. The number of benzene rings is 1. The number of nitrogens with zero attached hydrogens (tertiary/aromatic N) is 1. The molecule has 0 saturated carbocycles. The monoisotopic (exact) mass is 247 g/mol. The summed E-state index contributed by atoms with van der Waals surface area (Å²) in [5.74, 6) is -0.482. The molecule has 1 aliphatic heterocycles. The summed E-state index contributed by atoms with van der Waals surface area (Å²) in [5.41, 5.74) is 1.36. The van der Waals surface area contributed by atoms with E-state index in [9.17, 15) is 4.79 Å². The summed E-state index contributed by atoms with van der Waals surface area (Å²) < 4.78 is 0. The van der Waals surface area contributed by atoms with Crippen LogP contribution in [0.4, 0.5) is 0 Å². The highest BCUT2D eigenvalue weighted by molar-refractivity contribution is 5.66. The van der Waals surface area contributed by atoms with Crippen molar-refractivity contribution in [1.29, 1.82) is 0 Å². The first-order valence-electron chi connectivity index (χ1n) is 6.67. The Labute approximate surface area is 108 Å². The Morgan fingerprint density at radius 1 is 1.44 bits per heavy atom. The van der Waals surface area contributed by atoms with Crippen LogP contribution in [0.3, 0.4) is 0 Å². The van der Waals surface area contributed by atoms with E-state index in [0.717, 1.165) is 13.1 Å². The zero-order chi connectivity index (χ0) is 13.0. The van der Waals surface area contributed by atoms with E-state index in [1.807, 2.05) is 13.0 Å². The Hall–Kier alpha value is -1.35. The molecule has 18 heavy (non-hydrogen) atoms. The minimum atomic E-state index is -0.696. The molecule has 1 saturated heterocycles. The normalized spacial score (nSPS) is 21.9. The fourth-order valence-corrected chi connectivity index (χ4v) is 2.86. The summed E-state index contributed by atoms with van der Waals surface area (Å²) in [6.07, 6.45) is 2.65. The van der Waals surface area contributed by atoms with Gasteiger partial charge >= 0.3 is 5.97 Å².